The summed E-state index contributed by atoms with van der Waals surface area (Å²) in [4.78, 5) is 42.3. The molecule has 0 amide bonds. The SMILES string of the molecule is COC(=O)c1cccc(N=Cc2c(O)n(-c3ccccc3C)c(=O)[nH]c2=O)c1. The molecule has 1 aromatic heterocycles. The number of aryl methyl sites for hydroxylation is 1. The minimum absolute atomic E-state index is 0.189. The van der Waals surface area contributed by atoms with Crippen molar-refractivity contribution in [2.45, 2.75) is 6.92 Å². The lowest BCUT2D eigenvalue weighted by Gasteiger charge is -2.11. The number of carbonyl (C=O) groups is 1. The summed E-state index contributed by atoms with van der Waals surface area (Å²) >= 11 is 0. The number of aromatic nitrogens is 2. The van der Waals surface area contributed by atoms with Crippen LogP contribution in [0.3, 0.4) is 0 Å². The van der Waals surface area contributed by atoms with E-state index in [1.165, 1.54) is 13.2 Å². The van der Waals surface area contributed by atoms with Crippen LogP contribution in [0.4, 0.5) is 5.69 Å². The van der Waals surface area contributed by atoms with E-state index in [9.17, 15) is 19.5 Å². The van der Waals surface area contributed by atoms with Crippen LogP contribution in [0.2, 0.25) is 0 Å². The number of nitrogens with zero attached hydrogens (tertiary/aromatic N) is 2. The maximum absolute atomic E-state index is 12.2. The van der Waals surface area contributed by atoms with Crippen LogP contribution < -0.4 is 11.2 Å². The van der Waals surface area contributed by atoms with Gasteiger partial charge in [0.1, 0.15) is 5.56 Å². The predicted molar refractivity (Wildman–Crippen MR) is 104 cm³/mol. The Kier molecular flexibility index (Phi) is 5.21. The van der Waals surface area contributed by atoms with E-state index in [0.717, 1.165) is 16.3 Å². The number of hydrogen-bond donors (Lipinski definition) is 2. The Hall–Kier alpha value is -3.94. The van der Waals surface area contributed by atoms with Gasteiger partial charge in [-0.05, 0) is 36.8 Å². The molecule has 0 atom stereocenters. The Morgan fingerprint density at radius 1 is 1.18 bits per heavy atom. The number of methoxy groups -OCH3 is 1. The van der Waals surface area contributed by atoms with E-state index in [4.69, 9.17) is 0 Å². The summed E-state index contributed by atoms with van der Waals surface area (Å²) in [5.41, 5.74) is 0.105. The first kappa shape index (κ1) is 18.8. The predicted octanol–water partition coefficient (Wildman–Crippen LogP) is 2.08. The van der Waals surface area contributed by atoms with Crippen LogP contribution in [0, 0.1) is 6.92 Å². The molecule has 0 aliphatic carbocycles. The fourth-order valence-corrected chi connectivity index (χ4v) is 2.66. The molecule has 8 nitrogen and oxygen atoms in total. The molecule has 2 N–H and O–H groups in total. The van der Waals surface area contributed by atoms with Crippen molar-refractivity contribution in [2.75, 3.05) is 7.11 Å². The van der Waals surface area contributed by atoms with Crippen molar-refractivity contribution in [3.05, 3.63) is 86.1 Å². The van der Waals surface area contributed by atoms with Gasteiger partial charge in [-0.3, -0.25) is 14.8 Å². The van der Waals surface area contributed by atoms with Crippen LogP contribution in [0.25, 0.3) is 5.69 Å². The molecule has 0 unspecified atom stereocenters. The number of benzene rings is 2. The van der Waals surface area contributed by atoms with E-state index in [2.05, 4.69) is 14.7 Å². The van der Waals surface area contributed by atoms with E-state index >= 15 is 0 Å². The number of carbonyl (C=O) groups excluding carboxylic acids is 1. The van der Waals surface area contributed by atoms with Gasteiger partial charge in [0, 0.05) is 6.21 Å². The molecule has 0 saturated carbocycles. The van der Waals surface area contributed by atoms with Gasteiger partial charge in [-0.15, -0.1) is 0 Å². The molecule has 0 fully saturated rings. The van der Waals surface area contributed by atoms with Gasteiger partial charge in [-0.1, -0.05) is 24.3 Å². The van der Waals surface area contributed by atoms with Crippen molar-refractivity contribution < 1.29 is 14.6 Å². The number of rotatable bonds is 4. The highest BCUT2D eigenvalue weighted by Gasteiger charge is 2.15. The quantitative estimate of drug-likeness (QED) is 0.532. The van der Waals surface area contributed by atoms with Crippen LogP contribution in [0.1, 0.15) is 21.5 Å². The first-order valence-corrected chi connectivity index (χ1v) is 8.29. The summed E-state index contributed by atoms with van der Waals surface area (Å²) in [5.74, 6) is -1.05. The van der Waals surface area contributed by atoms with E-state index < -0.39 is 23.1 Å². The van der Waals surface area contributed by atoms with Gasteiger partial charge >= 0.3 is 11.7 Å². The summed E-state index contributed by atoms with van der Waals surface area (Å²) in [6.07, 6.45) is 1.14. The van der Waals surface area contributed by atoms with E-state index in [0.29, 0.717) is 16.9 Å². The summed E-state index contributed by atoms with van der Waals surface area (Å²) in [7, 11) is 1.27. The number of aliphatic imine (C=N–C) groups is 1. The topological polar surface area (TPSA) is 114 Å². The molecule has 0 radical (unpaired) electrons. The Morgan fingerprint density at radius 3 is 2.64 bits per heavy atom. The third kappa shape index (κ3) is 3.61. The fraction of sp³-hybridized carbons (Fsp3) is 0.100. The molecule has 0 spiro atoms. The van der Waals surface area contributed by atoms with Crippen LogP contribution in [-0.4, -0.2) is 34.0 Å². The number of H-pyrrole nitrogens is 1. The van der Waals surface area contributed by atoms with Crippen molar-refractivity contribution in [1.82, 2.24) is 9.55 Å². The normalized spacial score (nSPS) is 10.9. The van der Waals surface area contributed by atoms with Crippen LogP contribution in [0.15, 0.2) is 63.1 Å². The van der Waals surface area contributed by atoms with E-state index in [1.54, 1.807) is 49.4 Å². The third-order valence-corrected chi connectivity index (χ3v) is 4.09. The highest BCUT2D eigenvalue weighted by Crippen LogP contribution is 2.20. The van der Waals surface area contributed by atoms with Crippen molar-refractivity contribution >= 4 is 17.9 Å². The minimum atomic E-state index is -0.778. The highest BCUT2D eigenvalue weighted by atomic mass is 16.5. The molecular formula is C20H17N3O5. The number of nitrogens with one attached hydrogen (secondary N) is 1. The zero-order chi connectivity index (χ0) is 20.3. The van der Waals surface area contributed by atoms with Gasteiger partial charge in [-0.2, -0.15) is 0 Å². The fourth-order valence-electron chi connectivity index (χ4n) is 2.66. The summed E-state index contributed by atoms with van der Waals surface area (Å²) < 4.78 is 5.66. The molecule has 1 heterocycles. The zero-order valence-electron chi connectivity index (χ0n) is 15.2. The zero-order valence-corrected chi connectivity index (χ0v) is 15.2. The average Bonchev–Trinajstić information content (AvgIpc) is 2.68. The number of ether oxygens (including phenoxy) is 1. The molecule has 3 rings (SSSR count). The average molecular weight is 379 g/mol. The molecular weight excluding hydrogens is 362 g/mol. The largest absolute Gasteiger partial charge is 0.493 e. The molecule has 0 bridgehead atoms. The maximum atomic E-state index is 12.2. The van der Waals surface area contributed by atoms with Gasteiger partial charge in [0.15, 0.2) is 0 Å². The number of esters is 1. The molecule has 0 aliphatic heterocycles. The van der Waals surface area contributed by atoms with Crippen LogP contribution in [0.5, 0.6) is 5.88 Å². The number of aromatic amines is 1. The monoisotopic (exact) mass is 379 g/mol. The summed E-state index contributed by atoms with van der Waals surface area (Å²) in [6, 6.07) is 13.2. The molecule has 3 aromatic rings. The van der Waals surface area contributed by atoms with Gasteiger partial charge in [0.2, 0.25) is 5.88 Å². The smallest absolute Gasteiger partial charge is 0.337 e. The van der Waals surface area contributed by atoms with Gasteiger partial charge < -0.3 is 9.84 Å². The highest BCUT2D eigenvalue weighted by molar-refractivity contribution is 5.91. The Labute approximate surface area is 159 Å². The first-order valence-electron chi connectivity index (χ1n) is 8.29. The van der Waals surface area contributed by atoms with Crippen LogP contribution >= 0.6 is 0 Å². The van der Waals surface area contributed by atoms with Crippen molar-refractivity contribution in [1.29, 1.82) is 0 Å². The molecule has 28 heavy (non-hydrogen) atoms. The number of para-hydroxylation sites is 1. The van der Waals surface area contributed by atoms with Gasteiger partial charge in [0.05, 0.1) is 24.0 Å². The van der Waals surface area contributed by atoms with Gasteiger partial charge in [-0.25, -0.2) is 14.2 Å². The number of aromatic hydroxyl groups is 1. The van der Waals surface area contributed by atoms with Gasteiger partial charge in [0.25, 0.3) is 5.56 Å². The Bertz CT molecular complexity index is 1190. The second-order valence-corrected chi connectivity index (χ2v) is 5.92. The number of hydrogen-bond acceptors (Lipinski definition) is 6. The molecule has 0 saturated heterocycles. The lowest BCUT2D eigenvalue weighted by Crippen LogP contribution is -2.31. The second kappa shape index (κ2) is 7.75. The molecule has 2 aromatic carbocycles. The van der Waals surface area contributed by atoms with Crippen LogP contribution in [-0.2, 0) is 4.74 Å². The summed E-state index contributed by atoms with van der Waals surface area (Å²) in [5, 5.41) is 10.6. The second-order valence-electron chi connectivity index (χ2n) is 5.92. The lowest BCUT2D eigenvalue weighted by atomic mass is 10.2. The molecule has 0 aliphatic rings. The molecule has 142 valence electrons. The van der Waals surface area contributed by atoms with E-state index in [1.807, 2.05) is 0 Å². The van der Waals surface area contributed by atoms with Crippen molar-refractivity contribution in [3.8, 4) is 11.6 Å². The van der Waals surface area contributed by atoms with E-state index in [-0.39, 0.29) is 5.56 Å². The Balaban J connectivity index is 2.09. The van der Waals surface area contributed by atoms with Crippen molar-refractivity contribution in [3.63, 3.8) is 0 Å². The standard InChI is InChI=1S/C20H17N3O5/c1-12-6-3-4-9-16(12)23-18(25)15(17(24)22-20(23)27)11-21-14-8-5-7-13(10-14)19(26)28-2/h3-11,25H,1-2H3,(H,22,24,27). The third-order valence-electron chi connectivity index (χ3n) is 4.09. The minimum Gasteiger partial charge on any atom is -0.493 e. The maximum Gasteiger partial charge on any atom is 0.337 e. The Morgan fingerprint density at radius 2 is 1.93 bits per heavy atom. The molecule has 8 heteroatoms. The lowest BCUT2D eigenvalue weighted by molar-refractivity contribution is 0.0600. The summed E-state index contributed by atoms with van der Waals surface area (Å²) in [6.45, 7) is 1.78. The first-order chi connectivity index (χ1) is 13.4. The van der Waals surface area contributed by atoms with Crippen molar-refractivity contribution in [2.24, 2.45) is 4.99 Å².